The van der Waals surface area contributed by atoms with E-state index in [0.717, 1.165) is 48.0 Å². The van der Waals surface area contributed by atoms with E-state index in [4.69, 9.17) is 4.74 Å². The molecule has 0 radical (unpaired) electrons. The van der Waals surface area contributed by atoms with E-state index in [1.165, 1.54) is 29.0 Å². The van der Waals surface area contributed by atoms with Crippen molar-refractivity contribution in [1.29, 1.82) is 5.26 Å². The molecule has 7 nitrogen and oxygen atoms in total. The Bertz CT molecular complexity index is 1700. The van der Waals surface area contributed by atoms with Crippen LogP contribution in [0.25, 0.3) is 11.8 Å². The molecule has 3 aromatic rings. The third-order valence-electron chi connectivity index (χ3n) is 11.2. The smallest absolute Gasteiger partial charge is 0.349 e. The van der Waals surface area contributed by atoms with Crippen molar-refractivity contribution >= 4 is 40.3 Å². The van der Waals surface area contributed by atoms with Gasteiger partial charge in [0.25, 0.3) is 0 Å². The summed E-state index contributed by atoms with van der Waals surface area (Å²) in [5, 5.41) is 27.5. The molecule has 1 aromatic carbocycles. The molecule has 7 atom stereocenters. The molecule has 3 fully saturated rings. The van der Waals surface area contributed by atoms with E-state index < -0.39 is 23.1 Å². The van der Waals surface area contributed by atoms with Crippen LogP contribution >= 0.6 is 23.1 Å². The van der Waals surface area contributed by atoms with Crippen molar-refractivity contribution in [3.05, 3.63) is 75.5 Å². The molecule has 0 bridgehead atoms. The van der Waals surface area contributed by atoms with Crippen LogP contribution in [0.15, 0.2) is 53.5 Å². The molecule has 2 aromatic heterocycles. The molecule has 4 aliphatic rings. The number of thiophene rings is 1. The molecule has 4 aliphatic carbocycles. The predicted octanol–water partition coefficient (Wildman–Crippen LogP) is 6.60. The lowest BCUT2D eigenvalue weighted by molar-refractivity contribution is -0.174. The summed E-state index contributed by atoms with van der Waals surface area (Å²) in [4.78, 5) is 27.7. The lowest BCUT2D eigenvalue weighted by Gasteiger charge is -2.60. The summed E-state index contributed by atoms with van der Waals surface area (Å²) in [6, 6.07) is 11.8. The molecule has 0 amide bonds. The third kappa shape index (κ3) is 4.27. The van der Waals surface area contributed by atoms with Crippen LogP contribution in [0, 0.1) is 45.7 Å². The van der Waals surface area contributed by atoms with Crippen LogP contribution in [0.4, 0.5) is 4.39 Å². The molecule has 3 saturated carbocycles. The summed E-state index contributed by atoms with van der Waals surface area (Å²) < 4.78 is 21.7. The second-order valence-corrected chi connectivity index (χ2v) is 15.1. The number of aliphatic hydroxyl groups is 1. The Morgan fingerprint density at radius 2 is 2.05 bits per heavy atom. The van der Waals surface area contributed by atoms with E-state index in [1.54, 1.807) is 29.6 Å². The van der Waals surface area contributed by atoms with Gasteiger partial charge in [-0.1, -0.05) is 37.2 Å². The van der Waals surface area contributed by atoms with E-state index in [0.29, 0.717) is 24.1 Å². The number of rotatable bonds is 5. The van der Waals surface area contributed by atoms with Crippen molar-refractivity contribution in [2.75, 3.05) is 5.75 Å². The number of nitriles is 1. The molecular weight excluding hydrogens is 598 g/mol. The zero-order chi connectivity index (χ0) is 30.9. The van der Waals surface area contributed by atoms with Gasteiger partial charge in [0.15, 0.2) is 5.60 Å². The van der Waals surface area contributed by atoms with E-state index in [2.05, 4.69) is 18.1 Å². The predicted molar refractivity (Wildman–Crippen MR) is 167 cm³/mol. The maximum absolute atomic E-state index is 13.9. The second-order valence-electron chi connectivity index (χ2n) is 13.2. The first kappa shape index (κ1) is 29.5. The zero-order valence-corrected chi connectivity index (χ0v) is 26.3. The van der Waals surface area contributed by atoms with Gasteiger partial charge in [0.2, 0.25) is 5.12 Å². The molecule has 10 heteroatoms. The second kappa shape index (κ2) is 10.7. The monoisotopic (exact) mass is 631 g/mol. The van der Waals surface area contributed by atoms with Gasteiger partial charge in [-0.3, -0.25) is 4.79 Å². The highest BCUT2D eigenvalue weighted by Crippen LogP contribution is 2.69. The molecule has 0 saturated heterocycles. The van der Waals surface area contributed by atoms with Crippen LogP contribution in [0.5, 0.6) is 0 Å². The molecular formula is C34H34FN3O4S2. The topological polar surface area (TPSA) is 105 Å². The van der Waals surface area contributed by atoms with Crippen molar-refractivity contribution in [2.45, 2.75) is 64.1 Å². The number of aliphatic hydroxyl groups excluding tert-OH is 1. The maximum atomic E-state index is 13.9. The number of benzene rings is 1. The summed E-state index contributed by atoms with van der Waals surface area (Å²) in [5.74, 6) is -0.667. The largest absolute Gasteiger partial charge is 0.445 e. The number of hydrogen-bond donors (Lipinski definition) is 1. The Hall–Kier alpha value is -3.26. The van der Waals surface area contributed by atoms with Crippen LogP contribution in [0.1, 0.15) is 66.9 Å². The van der Waals surface area contributed by atoms with Gasteiger partial charge in [-0.15, -0.1) is 11.3 Å². The number of aromatic nitrogens is 2. The number of allylic oxidation sites excluding steroid dienone is 1. The minimum Gasteiger partial charge on any atom is -0.445 e. The molecule has 7 rings (SSSR count). The molecule has 1 N–H and O–H groups in total. The normalized spacial score (nSPS) is 33.7. The minimum absolute atomic E-state index is 0.0212. The van der Waals surface area contributed by atoms with E-state index in [9.17, 15) is 24.3 Å². The van der Waals surface area contributed by atoms with Crippen LogP contribution in [0.3, 0.4) is 0 Å². The highest BCUT2D eigenvalue weighted by atomic mass is 32.2. The molecule has 5 unspecified atom stereocenters. The van der Waals surface area contributed by atoms with Gasteiger partial charge in [-0.25, -0.2) is 13.9 Å². The summed E-state index contributed by atoms with van der Waals surface area (Å²) in [6.07, 6.45) is 7.26. The van der Waals surface area contributed by atoms with Crippen LogP contribution in [0.2, 0.25) is 0 Å². The lowest BCUT2D eigenvalue weighted by atomic mass is 9.45. The Morgan fingerprint density at radius 1 is 1.25 bits per heavy atom. The fourth-order valence-electron chi connectivity index (χ4n) is 9.32. The van der Waals surface area contributed by atoms with Gasteiger partial charge in [-0.05, 0) is 109 Å². The minimum atomic E-state index is -1.42. The first-order chi connectivity index (χ1) is 21.1. The zero-order valence-electron chi connectivity index (χ0n) is 24.7. The average molecular weight is 632 g/mol. The van der Waals surface area contributed by atoms with Gasteiger partial charge in [0.1, 0.15) is 10.7 Å². The summed E-state index contributed by atoms with van der Waals surface area (Å²) in [7, 11) is 0. The number of carbonyl (C=O) groups is 2. The first-order valence-electron chi connectivity index (χ1n) is 15.1. The fraction of sp³-hybridized carbons (Fsp3) is 0.471. The SMILES string of the molecule is CC12Cc3cnn(-c4ccc(F)cc4)c3C=C1CCC1[C@@H]2C(O)CC2(C)[C@H]1CCC2(OC(=O)c1cccs1)C(=O)SCC#N. The van der Waals surface area contributed by atoms with Gasteiger partial charge in [-0.2, -0.15) is 10.4 Å². The van der Waals surface area contributed by atoms with Crippen LogP contribution in [-0.4, -0.2) is 43.4 Å². The number of halogens is 1. The van der Waals surface area contributed by atoms with E-state index in [1.807, 2.05) is 23.9 Å². The van der Waals surface area contributed by atoms with Crippen molar-refractivity contribution in [3.8, 4) is 11.8 Å². The number of thioether (sulfide) groups is 1. The number of nitrogens with zero attached hydrogens (tertiary/aromatic N) is 3. The van der Waals surface area contributed by atoms with Gasteiger partial charge in [0.05, 0.1) is 35.5 Å². The molecule has 44 heavy (non-hydrogen) atoms. The van der Waals surface area contributed by atoms with Gasteiger partial charge >= 0.3 is 5.97 Å². The summed E-state index contributed by atoms with van der Waals surface area (Å²) in [5.41, 5.74) is 1.68. The summed E-state index contributed by atoms with van der Waals surface area (Å²) in [6.45, 7) is 4.28. The van der Waals surface area contributed by atoms with Crippen molar-refractivity contribution < 1.29 is 23.8 Å². The van der Waals surface area contributed by atoms with Crippen molar-refractivity contribution in [3.63, 3.8) is 0 Å². The number of ether oxygens (including phenoxy) is 1. The average Bonchev–Trinajstić information content (AvgIpc) is 3.73. The first-order valence-corrected chi connectivity index (χ1v) is 17.0. The number of fused-ring (bicyclic) bond motifs is 6. The fourth-order valence-corrected chi connectivity index (χ4v) is 10.7. The Balaban J connectivity index is 1.23. The highest BCUT2D eigenvalue weighted by molar-refractivity contribution is 8.14. The summed E-state index contributed by atoms with van der Waals surface area (Å²) >= 11 is 2.19. The van der Waals surface area contributed by atoms with E-state index >= 15 is 0 Å². The Labute approximate surface area is 264 Å². The Morgan fingerprint density at radius 3 is 2.77 bits per heavy atom. The van der Waals surface area contributed by atoms with E-state index in [-0.39, 0.29) is 39.9 Å². The number of hydrogen-bond acceptors (Lipinski definition) is 8. The number of esters is 1. The Kier molecular flexibility index (Phi) is 7.15. The molecule has 2 heterocycles. The molecule has 0 aliphatic heterocycles. The molecule has 0 spiro atoms. The standard InChI is InChI=1S/C34H34FN3O4S2/c1-32-17-20-19-37-38(23-8-6-22(35)7-9-23)26(20)16-21(32)5-10-24-25-11-12-34(31(41)44-15-13-36,33(25,2)18-27(39)29(24)32)42-30(40)28-4-3-14-43-28/h3-4,6-9,14,16,19,24-25,27,29,39H,5,10-12,15,17-18H2,1-2H3/t24?,25-,27?,29+,32?,33?,34?/m0/s1. The van der Waals surface area contributed by atoms with Gasteiger partial charge in [0, 0.05) is 5.41 Å². The van der Waals surface area contributed by atoms with Gasteiger partial charge < -0.3 is 9.84 Å². The van der Waals surface area contributed by atoms with Crippen molar-refractivity contribution in [2.24, 2.45) is 28.6 Å². The third-order valence-corrected chi connectivity index (χ3v) is 12.9. The highest BCUT2D eigenvalue weighted by Gasteiger charge is 2.70. The molecule has 228 valence electrons. The van der Waals surface area contributed by atoms with Crippen molar-refractivity contribution in [1.82, 2.24) is 9.78 Å². The quantitative estimate of drug-likeness (QED) is 0.316. The van der Waals surface area contributed by atoms with Crippen LogP contribution in [-0.2, 0) is 16.0 Å². The lowest BCUT2D eigenvalue weighted by Crippen LogP contribution is -2.62. The van der Waals surface area contributed by atoms with Crippen LogP contribution < -0.4 is 0 Å². The number of carbonyl (C=O) groups excluding carboxylic acids is 2. The maximum Gasteiger partial charge on any atom is 0.349 e.